The van der Waals surface area contributed by atoms with Gasteiger partial charge in [-0.3, -0.25) is 0 Å². The van der Waals surface area contributed by atoms with Crippen molar-refractivity contribution in [1.29, 1.82) is 5.26 Å². The van der Waals surface area contributed by atoms with Crippen molar-refractivity contribution < 1.29 is 4.42 Å². The van der Waals surface area contributed by atoms with E-state index in [1.807, 2.05) is 79.7 Å². The van der Waals surface area contributed by atoms with Crippen LogP contribution in [0, 0.1) is 11.3 Å². The molecule has 0 saturated carbocycles. The Morgan fingerprint density at radius 3 is 1.32 bits per heavy atom. The maximum atomic E-state index is 8.72. The quantitative estimate of drug-likeness (QED) is 0.103. The topological polar surface area (TPSA) is 85.0 Å². The molecule has 1 heterocycles. The Morgan fingerprint density at radius 2 is 0.773 bits per heavy atom. The first-order chi connectivity index (χ1) is 42.8. The summed E-state index contributed by atoms with van der Waals surface area (Å²) in [6.45, 7) is 15.4. The molecule has 0 spiro atoms. The standard InChI is InChI=1S/C30H21NO.C20H21N.C16H14N2.C16H19N/c1-3-9-21(10-4-1)23-15-17-25(18-16-23)31-28-20-24(22-11-5-2-6-12-22)19-27-26-13-7-8-14-29(26)32-30(27)28;1-20(2,3)16-11-13-17(14-12-16)21-19-10-6-8-15-7-4-5-9-18(15)19;1-2-3-13-4-8-15(9-5-13)18-16-10-6-14(12-17)7-11-16;1-16(2,3)13-9-11-15(12-10-13)17-14-7-5-4-6-8-14/h1-20,31H;4-14,21H,1-3H3;2-11,18H,1H3;4-12,17H,1-3H3/b;;3-2+;. The molecule has 0 aliphatic heterocycles. The maximum absolute atomic E-state index is 8.72. The first kappa shape index (κ1) is 60.3. The van der Waals surface area contributed by atoms with Gasteiger partial charge in [0.05, 0.1) is 17.3 Å². The van der Waals surface area contributed by atoms with Crippen LogP contribution in [0.3, 0.4) is 0 Å². The van der Waals surface area contributed by atoms with Gasteiger partial charge in [0.2, 0.25) is 0 Å². The highest BCUT2D eigenvalue weighted by molar-refractivity contribution is 6.11. The van der Waals surface area contributed by atoms with Gasteiger partial charge in [-0.15, -0.1) is 0 Å². The molecular formula is C82H75N5O. The molecule has 0 atom stereocenters. The van der Waals surface area contributed by atoms with E-state index in [9.17, 15) is 0 Å². The highest BCUT2D eigenvalue weighted by atomic mass is 16.3. The first-order valence-electron chi connectivity index (χ1n) is 30.0. The van der Waals surface area contributed by atoms with Crippen molar-refractivity contribution in [3.8, 4) is 28.3 Å². The minimum Gasteiger partial charge on any atom is -0.454 e. The summed E-state index contributed by atoms with van der Waals surface area (Å²) in [6.07, 6.45) is 4.08. The summed E-state index contributed by atoms with van der Waals surface area (Å²) in [6, 6.07) is 102. The number of para-hydroxylation sites is 2. The molecule has 0 radical (unpaired) electrons. The van der Waals surface area contributed by atoms with Crippen LogP contribution >= 0.6 is 0 Å². The summed E-state index contributed by atoms with van der Waals surface area (Å²) < 4.78 is 6.28. The largest absolute Gasteiger partial charge is 0.454 e. The van der Waals surface area contributed by atoms with E-state index in [0.29, 0.717) is 5.56 Å². The van der Waals surface area contributed by atoms with Crippen LogP contribution in [-0.2, 0) is 10.8 Å². The van der Waals surface area contributed by atoms with Crippen molar-refractivity contribution in [3.05, 3.63) is 320 Å². The van der Waals surface area contributed by atoms with Crippen molar-refractivity contribution in [2.75, 3.05) is 21.3 Å². The van der Waals surface area contributed by atoms with Gasteiger partial charge in [-0.2, -0.15) is 5.26 Å². The second kappa shape index (κ2) is 28.3. The number of rotatable bonds is 11. The molecule has 6 heteroatoms. The van der Waals surface area contributed by atoms with Gasteiger partial charge in [0.15, 0.2) is 5.58 Å². The molecule has 434 valence electrons. The third-order valence-electron chi connectivity index (χ3n) is 15.1. The van der Waals surface area contributed by atoms with Crippen molar-refractivity contribution in [1.82, 2.24) is 0 Å². The molecule has 4 N–H and O–H groups in total. The summed E-state index contributed by atoms with van der Waals surface area (Å²) in [5.74, 6) is 0. The van der Waals surface area contributed by atoms with Crippen LogP contribution < -0.4 is 21.3 Å². The summed E-state index contributed by atoms with van der Waals surface area (Å²) in [7, 11) is 0. The number of furan rings is 1. The summed E-state index contributed by atoms with van der Waals surface area (Å²) in [5.41, 5.74) is 20.0. The number of anilines is 8. The number of nitrogens with zero attached hydrogens (tertiary/aromatic N) is 1. The highest BCUT2D eigenvalue weighted by Crippen LogP contribution is 2.39. The SMILES string of the molecule is C/C=C/c1ccc(Nc2ccc(C#N)cc2)cc1.CC(C)(C)c1ccc(Nc2cccc3ccccc23)cc1.CC(C)(C)c1ccc(Nc2ccccc2)cc1.c1ccc(-c2ccc(Nc3cc(-c4ccccc4)cc4c3oc3ccccc34)cc2)cc1. The molecule has 0 unspecified atom stereocenters. The molecule has 0 aliphatic carbocycles. The number of nitriles is 1. The van der Waals surface area contributed by atoms with Gasteiger partial charge in [-0.05, 0) is 171 Å². The second-order valence-corrected chi connectivity index (χ2v) is 23.7. The zero-order chi connectivity index (χ0) is 61.3. The van der Waals surface area contributed by atoms with Gasteiger partial charge in [0.1, 0.15) is 5.58 Å². The van der Waals surface area contributed by atoms with Crippen LogP contribution in [0.5, 0.6) is 0 Å². The Labute approximate surface area is 519 Å². The predicted molar refractivity (Wildman–Crippen MR) is 377 cm³/mol. The Balaban J connectivity index is 0.000000135. The van der Waals surface area contributed by atoms with Crippen molar-refractivity contribution >= 4 is 84.3 Å². The monoisotopic (exact) mass is 1150 g/mol. The lowest BCUT2D eigenvalue weighted by Gasteiger charge is -2.19. The number of fused-ring (bicyclic) bond motifs is 4. The smallest absolute Gasteiger partial charge is 0.158 e. The predicted octanol–water partition coefficient (Wildman–Crippen LogP) is 23.6. The van der Waals surface area contributed by atoms with Crippen LogP contribution in [0.2, 0.25) is 0 Å². The number of hydrogen-bond acceptors (Lipinski definition) is 6. The van der Waals surface area contributed by atoms with Crippen LogP contribution in [0.4, 0.5) is 45.5 Å². The molecule has 1 aromatic heterocycles. The van der Waals surface area contributed by atoms with Crippen molar-refractivity contribution in [2.45, 2.75) is 59.3 Å². The molecule has 13 aromatic rings. The average Bonchev–Trinajstić information content (AvgIpc) is 1.74. The summed E-state index contributed by atoms with van der Waals surface area (Å²) >= 11 is 0. The van der Waals surface area contributed by atoms with E-state index < -0.39 is 0 Å². The van der Waals surface area contributed by atoms with Crippen molar-refractivity contribution in [2.24, 2.45) is 0 Å². The Hall–Kier alpha value is -10.9. The van der Waals surface area contributed by atoms with Crippen molar-refractivity contribution in [3.63, 3.8) is 0 Å². The number of allylic oxidation sites excluding steroid dienone is 1. The van der Waals surface area contributed by atoms with E-state index in [1.54, 1.807) is 12.1 Å². The fraction of sp³-hybridized carbons (Fsp3) is 0.110. The lowest BCUT2D eigenvalue weighted by Crippen LogP contribution is -2.10. The van der Waals surface area contributed by atoms with E-state index >= 15 is 0 Å². The molecule has 0 aliphatic rings. The highest BCUT2D eigenvalue weighted by Gasteiger charge is 2.16. The van der Waals surface area contributed by atoms with Gasteiger partial charge < -0.3 is 25.7 Å². The number of benzene rings is 12. The minimum absolute atomic E-state index is 0.192. The van der Waals surface area contributed by atoms with Gasteiger partial charge in [-0.25, -0.2) is 0 Å². The zero-order valence-electron chi connectivity index (χ0n) is 51.2. The number of nitrogens with one attached hydrogen (secondary N) is 4. The molecule has 0 amide bonds. The normalized spacial score (nSPS) is 11.1. The fourth-order valence-electron chi connectivity index (χ4n) is 10.2. The van der Waals surface area contributed by atoms with Crippen LogP contribution in [0.1, 0.15) is 70.7 Å². The van der Waals surface area contributed by atoms with Gasteiger partial charge >= 0.3 is 0 Å². The van der Waals surface area contributed by atoms with Gasteiger partial charge in [0.25, 0.3) is 0 Å². The Bertz CT molecular complexity index is 4400. The van der Waals surface area contributed by atoms with Crippen LogP contribution in [0.25, 0.3) is 61.0 Å². The third-order valence-corrected chi connectivity index (χ3v) is 15.1. The van der Waals surface area contributed by atoms with E-state index in [0.717, 1.165) is 73.0 Å². The Morgan fingerprint density at radius 1 is 0.352 bits per heavy atom. The molecule has 13 rings (SSSR count). The molecule has 6 nitrogen and oxygen atoms in total. The zero-order valence-corrected chi connectivity index (χ0v) is 51.2. The third kappa shape index (κ3) is 16.1. The molecule has 88 heavy (non-hydrogen) atoms. The second-order valence-electron chi connectivity index (χ2n) is 23.7. The van der Waals surface area contributed by atoms with Crippen LogP contribution in [0.15, 0.2) is 302 Å². The Kier molecular flexibility index (Phi) is 19.4. The van der Waals surface area contributed by atoms with Gasteiger partial charge in [0, 0.05) is 56.0 Å². The van der Waals surface area contributed by atoms with E-state index in [-0.39, 0.29) is 10.8 Å². The van der Waals surface area contributed by atoms with E-state index in [4.69, 9.17) is 9.68 Å². The van der Waals surface area contributed by atoms with Gasteiger partial charge in [-0.1, -0.05) is 236 Å². The minimum atomic E-state index is 0.192. The van der Waals surface area contributed by atoms with E-state index in [2.05, 4.69) is 287 Å². The summed E-state index contributed by atoms with van der Waals surface area (Å²) in [4.78, 5) is 0. The molecule has 0 fully saturated rings. The maximum Gasteiger partial charge on any atom is 0.158 e. The lowest BCUT2D eigenvalue weighted by atomic mass is 9.87. The lowest BCUT2D eigenvalue weighted by molar-refractivity contribution is 0.590. The summed E-state index contributed by atoms with van der Waals surface area (Å²) in [5, 5.41) is 27.3. The number of hydrogen-bond donors (Lipinski definition) is 4. The van der Waals surface area contributed by atoms with Crippen LogP contribution in [-0.4, -0.2) is 0 Å². The molecule has 0 saturated heterocycles. The molecule has 12 aromatic carbocycles. The first-order valence-corrected chi connectivity index (χ1v) is 30.0. The molecule has 0 bridgehead atoms. The molecular weight excluding hydrogens is 1070 g/mol. The van der Waals surface area contributed by atoms with E-state index in [1.165, 1.54) is 44.2 Å². The fourth-order valence-corrected chi connectivity index (χ4v) is 10.2. The average molecular weight is 1150 g/mol.